The van der Waals surface area contributed by atoms with Gasteiger partial charge in [0.1, 0.15) is 11.6 Å². The van der Waals surface area contributed by atoms with Gasteiger partial charge >= 0.3 is 0 Å². The van der Waals surface area contributed by atoms with Crippen LogP contribution in [0.15, 0.2) is 18.2 Å². The molecule has 0 aliphatic carbocycles. The van der Waals surface area contributed by atoms with Crippen LogP contribution in [0.1, 0.15) is 24.8 Å². The lowest BCUT2D eigenvalue weighted by Crippen LogP contribution is -2.42. The minimum absolute atomic E-state index is 0.107. The van der Waals surface area contributed by atoms with Crippen molar-refractivity contribution in [2.45, 2.75) is 25.3 Å². The largest absolute Gasteiger partial charge is 0.373 e. The van der Waals surface area contributed by atoms with Crippen LogP contribution in [-0.4, -0.2) is 31.1 Å². The number of likely N-dealkylation sites (N-methyl/N-ethyl adjacent to an activating group) is 1. The van der Waals surface area contributed by atoms with E-state index in [2.05, 4.69) is 5.32 Å². The van der Waals surface area contributed by atoms with E-state index in [9.17, 15) is 10.1 Å². The molecule has 2 rings (SSSR count). The molecule has 1 heterocycles. The van der Waals surface area contributed by atoms with Crippen LogP contribution in [0.4, 0.5) is 11.4 Å². The summed E-state index contributed by atoms with van der Waals surface area (Å²) in [6.45, 7) is 1.88. The number of rotatable bonds is 4. The molecule has 20 heavy (non-hydrogen) atoms. The fraction of sp³-hybridized carbons (Fsp3) is 0.500. The molecule has 0 saturated carbocycles. The fourth-order valence-corrected chi connectivity index (χ4v) is 2.53. The summed E-state index contributed by atoms with van der Waals surface area (Å²) in [5, 5.41) is 23.3. The number of nitrogens with zero attached hydrogens (tertiary/aromatic N) is 3. The first-order valence-corrected chi connectivity index (χ1v) is 6.75. The molecular formula is C14H18N4O2. The van der Waals surface area contributed by atoms with Crippen LogP contribution >= 0.6 is 0 Å². The summed E-state index contributed by atoms with van der Waals surface area (Å²) >= 11 is 0. The van der Waals surface area contributed by atoms with Gasteiger partial charge in [-0.3, -0.25) is 10.1 Å². The highest BCUT2D eigenvalue weighted by atomic mass is 16.6. The molecule has 6 nitrogen and oxygen atoms in total. The third kappa shape index (κ3) is 3.25. The number of piperidine rings is 1. The summed E-state index contributed by atoms with van der Waals surface area (Å²) in [7, 11) is 1.94. The van der Waals surface area contributed by atoms with Crippen LogP contribution in [0.2, 0.25) is 0 Å². The van der Waals surface area contributed by atoms with E-state index >= 15 is 0 Å². The zero-order chi connectivity index (χ0) is 14.5. The first-order chi connectivity index (χ1) is 9.61. The highest BCUT2D eigenvalue weighted by molar-refractivity contribution is 5.59. The van der Waals surface area contributed by atoms with Gasteiger partial charge in [-0.15, -0.1) is 0 Å². The first-order valence-electron chi connectivity index (χ1n) is 6.75. The van der Waals surface area contributed by atoms with Gasteiger partial charge in [0.15, 0.2) is 0 Å². The molecule has 1 aromatic rings. The van der Waals surface area contributed by atoms with E-state index < -0.39 is 4.92 Å². The smallest absolute Gasteiger partial charge is 0.287 e. The van der Waals surface area contributed by atoms with Crippen molar-refractivity contribution in [2.75, 3.05) is 25.0 Å². The molecule has 0 aromatic heterocycles. The van der Waals surface area contributed by atoms with E-state index in [0.717, 1.165) is 25.2 Å². The minimum atomic E-state index is -0.523. The summed E-state index contributed by atoms with van der Waals surface area (Å²) in [6.07, 6.45) is 3.59. The summed E-state index contributed by atoms with van der Waals surface area (Å²) in [5.74, 6) is 0. The zero-order valence-corrected chi connectivity index (χ0v) is 11.5. The summed E-state index contributed by atoms with van der Waals surface area (Å²) in [5.41, 5.74) is 0.802. The maximum Gasteiger partial charge on any atom is 0.287 e. The lowest BCUT2D eigenvalue weighted by Gasteiger charge is -2.29. The van der Waals surface area contributed by atoms with Gasteiger partial charge in [-0.2, -0.15) is 5.26 Å². The summed E-state index contributed by atoms with van der Waals surface area (Å²) in [4.78, 5) is 12.3. The van der Waals surface area contributed by atoms with Crippen molar-refractivity contribution in [3.8, 4) is 6.07 Å². The number of benzene rings is 1. The molecule has 0 radical (unpaired) electrons. The molecule has 1 atom stereocenters. The van der Waals surface area contributed by atoms with Crippen molar-refractivity contribution < 1.29 is 4.92 Å². The third-order valence-corrected chi connectivity index (χ3v) is 3.64. The maximum atomic E-state index is 10.8. The number of hydrogen-bond acceptors (Lipinski definition) is 5. The molecular weight excluding hydrogens is 256 g/mol. The average Bonchev–Trinajstić information content (AvgIpc) is 2.47. The Hall–Kier alpha value is -2.13. The van der Waals surface area contributed by atoms with Crippen molar-refractivity contribution in [2.24, 2.45) is 0 Å². The van der Waals surface area contributed by atoms with Crippen molar-refractivity contribution in [1.82, 2.24) is 5.32 Å². The second kappa shape index (κ2) is 6.35. The highest BCUT2D eigenvalue weighted by Gasteiger charge is 2.18. The number of nitriles is 1. The van der Waals surface area contributed by atoms with Crippen LogP contribution in [0.5, 0.6) is 0 Å². The molecule has 6 heteroatoms. The first kappa shape index (κ1) is 14.3. The van der Waals surface area contributed by atoms with Crippen LogP contribution in [-0.2, 0) is 0 Å². The fourth-order valence-electron chi connectivity index (χ4n) is 2.53. The van der Waals surface area contributed by atoms with E-state index in [-0.39, 0.29) is 11.3 Å². The number of nitro groups is 1. The minimum Gasteiger partial charge on any atom is -0.373 e. The molecule has 1 aliphatic rings. The highest BCUT2D eigenvalue weighted by Crippen LogP contribution is 2.24. The predicted octanol–water partition coefficient (Wildman–Crippen LogP) is 2.04. The van der Waals surface area contributed by atoms with Crippen molar-refractivity contribution in [3.63, 3.8) is 0 Å². The average molecular weight is 274 g/mol. The Labute approximate surface area is 118 Å². The molecule has 1 aliphatic heterocycles. The van der Waals surface area contributed by atoms with Gasteiger partial charge in [-0.25, -0.2) is 0 Å². The normalized spacial score (nSPS) is 18.3. The topological polar surface area (TPSA) is 82.2 Å². The van der Waals surface area contributed by atoms with Gasteiger partial charge in [0, 0.05) is 31.4 Å². The van der Waals surface area contributed by atoms with Crippen LogP contribution in [0.3, 0.4) is 0 Å². The number of anilines is 1. The van der Waals surface area contributed by atoms with Gasteiger partial charge in [0.2, 0.25) is 0 Å². The molecule has 0 bridgehead atoms. The monoisotopic (exact) mass is 274 g/mol. The molecule has 0 amide bonds. The lowest BCUT2D eigenvalue weighted by atomic mass is 10.0. The van der Waals surface area contributed by atoms with Crippen LogP contribution < -0.4 is 10.2 Å². The quantitative estimate of drug-likeness (QED) is 0.671. The molecule has 1 N–H and O–H groups in total. The van der Waals surface area contributed by atoms with Crippen molar-refractivity contribution in [1.29, 1.82) is 5.26 Å². The van der Waals surface area contributed by atoms with Crippen LogP contribution in [0, 0.1) is 21.4 Å². The van der Waals surface area contributed by atoms with E-state index in [0.29, 0.717) is 6.04 Å². The predicted molar refractivity (Wildman–Crippen MR) is 76.7 cm³/mol. The van der Waals surface area contributed by atoms with Gasteiger partial charge in [-0.1, -0.05) is 6.42 Å². The second-order valence-corrected chi connectivity index (χ2v) is 5.10. The van der Waals surface area contributed by atoms with Gasteiger partial charge < -0.3 is 10.2 Å². The molecule has 1 saturated heterocycles. The third-order valence-electron chi connectivity index (χ3n) is 3.64. The maximum absolute atomic E-state index is 10.8. The lowest BCUT2D eigenvalue weighted by molar-refractivity contribution is -0.385. The summed E-state index contributed by atoms with van der Waals surface area (Å²) in [6, 6.07) is 7.01. The summed E-state index contributed by atoms with van der Waals surface area (Å²) < 4.78 is 0. The Balaban J connectivity index is 2.11. The van der Waals surface area contributed by atoms with E-state index in [1.807, 2.05) is 18.0 Å². The molecule has 1 unspecified atom stereocenters. The number of nitrogens with one attached hydrogen (secondary N) is 1. The Morgan fingerprint density at radius 2 is 2.35 bits per heavy atom. The zero-order valence-electron chi connectivity index (χ0n) is 11.5. The Morgan fingerprint density at radius 1 is 1.55 bits per heavy atom. The van der Waals surface area contributed by atoms with Crippen molar-refractivity contribution in [3.05, 3.63) is 33.9 Å². The number of nitro benzene ring substituents is 1. The van der Waals surface area contributed by atoms with Crippen LogP contribution in [0.25, 0.3) is 0 Å². The van der Waals surface area contributed by atoms with E-state index in [1.165, 1.54) is 18.9 Å². The molecule has 1 aromatic carbocycles. The molecule has 0 spiro atoms. The van der Waals surface area contributed by atoms with Gasteiger partial charge in [0.25, 0.3) is 5.69 Å². The second-order valence-electron chi connectivity index (χ2n) is 5.10. The van der Waals surface area contributed by atoms with Gasteiger partial charge in [-0.05, 0) is 31.5 Å². The Morgan fingerprint density at radius 3 is 2.95 bits per heavy atom. The Bertz CT molecular complexity index is 532. The molecule has 1 fully saturated rings. The standard InChI is InChI=1S/C14H18N4O2/c1-17(10-12-4-2-3-7-16-12)13-5-6-14(18(19)20)11(8-13)9-15/h5-6,8,12,16H,2-4,7,10H2,1H3. The van der Waals surface area contributed by atoms with Crippen molar-refractivity contribution >= 4 is 11.4 Å². The SMILES string of the molecule is CN(CC1CCCCN1)c1ccc([N+](=O)[O-])c(C#N)c1. The number of hydrogen-bond donors (Lipinski definition) is 1. The Kier molecular flexibility index (Phi) is 4.53. The molecule has 106 valence electrons. The van der Waals surface area contributed by atoms with Gasteiger partial charge in [0.05, 0.1) is 4.92 Å². The van der Waals surface area contributed by atoms with E-state index in [1.54, 1.807) is 12.1 Å². The van der Waals surface area contributed by atoms with E-state index in [4.69, 9.17) is 5.26 Å².